The summed E-state index contributed by atoms with van der Waals surface area (Å²) in [5.74, 6) is -2.90. The van der Waals surface area contributed by atoms with Gasteiger partial charge in [-0.2, -0.15) is 0 Å². The van der Waals surface area contributed by atoms with Gasteiger partial charge >= 0.3 is 0 Å². The summed E-state index contributed by atoms with van der Waals surface area (Å²) < 4.78 is 39.7. The highest BCUT2D eigenvalue weighted by atomic mass is 79.9. The number of nitrogens with zero attached hydrogens (tertiary/aromatic N) is 1. The average molecular weight is 309 g/mol. The summed E-state index contributed by atoms with van der Waals surface area (Å²) in [5, 5.41) is 3.16. The van der Waals surface area contributed by atoms with E-state index in [1.165, 1.54) is 0 Å². The highest BCUT2D eigenvalue weighted by molar-refractivity contribution is 9.10. The Labute approximate surface area is 106 Å². The van der Waals surface area contributed by atoms with Crippen LogP contribution in [0.25, 0.3) is 0 Å². The minimum absolute atomic E-state index is 0.0603. The zero-order valence-corrected chi connectivity index (χ0v) is 10.7. The third-order valence-corrected chi connectivity index (χ3v) is 3.51. The number of hydrogen-bond donors (Lipinski definition) is 1. The molecule has 1 aliphatic heterocycles. The molecule has 2 rings (SSSR count). The molecule has 0 unspecified atom stereocenters. The maximum absolute atomic E-state index is 13.6. The van der Waals surface area contributed by atoms with Crippen molar-refractivity contribution in [3.63, 3.8) is 0 Å². The molecule has 0 saturated carbocycles. The normalized spacial score (nSPS) is 17.4. The fraction of sp³-hybridized carbons (Fsp3) is 0.455. The van der Waals surface area contributed by atoms with Crippen LogP contribution >= 0.6 is 15.9 Å². The summed E-state index contributed by atoms with van der Waals surface area (Å²) in [7, 11) is 0. The van der Waals surface area contributed by atoms with Gasteiger partial charge in [0, 0.05) is 38.3 Å². The molecule has 0 aromatic heterocycles. The largest absolute Gasteiger partial charge is 0.314 e. The predicted octanol–water partition coefficient (Wildman–Crippen LogP) is 2.27. The van der Waals surface area contributed by atoms with Crippen LogP contribution < -0.4 is 5.32 Å². The molecule has 2 nitrogen and oxygen atoms in total. The van der Waals surface area contributed by atoms with E-state index in [0.29, 0.717) is 0 Å². The molecule has 1 aliphatic rings. The topological polar surface area (TPSA) is 15.3 Å². The molecule has 1 aromatic carbocycles. The van der Waals surface area contributed by atoms with Gasteiger partial charge in [-0.3, -0.25) is 4.90 Å². The lowest BCUT2D eigenvalue weighted by Gasteiger charge is -2.27. The molecular weight excluding hydrogens is 297 g/mol. The lowest BCUT2D eigenvalue weighted by molar-refractivity contribution is 0.229. The average Bonchev–Trinajstić information content (AvgIpc) is 2.35. The summed E-state index contributed by atoms with van der Waals surface area (Å²) in [4.78, 5) is 1.96. The van der Waals surface area contributed by atoms with Crippen molar-refractivity contribution in [3.8, 4) is 0 Å². The maximum atomic E-state index is 13.6. The van der Waals surface area contributed by atoms with Crippen molar-refractivity contribution in [2.24, 2.45) is 0 Å². The molecule has 0 bridgehead atoms. The molecule has 0 spiro atoms. The Morgan fingerprint density at radius 3 is 2.47 bits per heavy atom. The molecule has 94 valence electrons. The van der Waals surface area contributed by atoms with E-state index >= 15 is 0 Å². The number of benzene rings is 1. The van der Waals surface area contributed by atoms with Crippen LogP contribution in [0.1, 0.15) is 5.56 Å². The van der Waals surface area contributed by atoms with Crippen LogP contribution in [-0.2, 0) is 6.54 Å². The van der Waals surface area contributed by atoms with Crippen LogP contribution in [0.4, 0.5) is 13.2 Å². The Hall–Kier alpha value is -0.590. The molecule has 0 aliphatic carbocycles. The van der Waals surface area contributed by atoms with Crippen molar-refractivity contribution in [1.29, 1.82) is 0 Å². The Kier molecular flexibility index (Phi) is 4.06. The molecule has 1 fully saturated rings. The number of piperazine rings is 1. The van der Waals surface area contributed by atoms with Crippen LogP contribution in [0.3, 0.4) is 0 Å². The van der Waals surface area contributed by atoms with Gasteiger partial charge in [-0.25, -0.2) is 13.2 Å². The maximum Gasteiger partial charge on any atom is 0.176 e. The zero-order valence-electron chi connectivity index (χ0n) is 9.07. The summed E-state index contributed by atoms with van der Waals surface area (Å²) in [6.07, 6.45) is 0. The van der Waals surface area contributed by atoms with Crippen molar-refractivity contribution in [2.45, 2.75) is 6.54 Å². The number of rotatable bonds is 2. The first-order valence-electron chi connectivity index (χ1n) is 5.34. The van der Waals surface area contributed by atoms with Crippen molar-refractivity contribution >= 4 is 15.9 Å². The van der Waals surface area contributed by atoms with Crippen LogP contribution in [0.5, 0.6) is 0 Å². The molecule has 1 N–H and O–H groups in total. The Morgan fingerprint density at radius 1 is 1.18 bits per heavy atom. The predicted molar refractivity (Wildman–Crippen MR) is 62.2 cm³/mol. The second-order valence-electron chi connectivity index (χ2n) is 3.99. The van der Waals surface area contributed by atoms with Gasteiger partial charge in [0.1, 0.15) is 5.82 Å². The fourth-order valence-corrected chi connectivity index (χ4v) is 2.14. The lowest BCUT2D eigenvalue weighted by Crippen LogP contribution is -2.43. The van der Waals surface area contributed by atoms with Crippen LogP contribution in [0, 0.1) is 17.5 Å². The second kappa shape index (κ2) is 5.37. The SMILES string of the molecule is Fc1cc(CN2CCNCC2)c(F)c(F)c1Br. The third kappa shape index (κ3) is 2.81. The van der Waals surface area contributed by atoms with Gasteiger partial charge in [0.05, 0.1) is 4.47 Å². The van der Waals surface area contributed by atoms with Crippen molar-refractivity contribution in [2.75, 3.05) is 26.2 Å². The summed E-state index contributed by atoms with van der Waals surface area (Å²) in [6, 6.07) is 1.05. The Balaban J connectivity index is 2.20. The number of hydrogen-bond acceptors (Lipinski definition) is 2. The van der Waals surface area contributed by atoms with Gasteiger partial charge in [-0.05, 0) is 22.0 Å². The van der Waals surface area contributed by atoms with Gasteiger partial charge < -0.3 is 5.32 Å². The fourth-order valence-electron chi connectivity index (χ4n) is 1.85. The minimum atomic E-state index is -1.16. The molecule has 0 radical (unpaired) electrons. The quantitative estimate of drug-likeness (QED) is 0.666. The summed E-state index contributed by atoms with van der Waals surface area (Å²) >= 11 is 2.68. The molecule has 1 aromatic rings. The third-order valence-electron chi connectivity index (χ3n) is 2.78. The Morgan fingerprint density at radius 2 is 1.82 bits per heavy atom. The van der Waals surface area contributed by atoms with E-state index in [9.17, 15) is 13.2 Å². The van der Waals surface area contributed by atoms with Crippen molar-refractivity contribution < 1.29 is 13.2 Å². The monoisotopic (exact) mass is 308 g/mol. The molecule has 17 heavy (non-hydrogen) atoms. The van der Waals surface area contributed by atoms with Crippen molar-refractivity contribution in [1.82, 2.24) is 10.2 Å². The highest BCUT2D eigenvalue weighted by Crippen LogP contribution is 2.25. The first kappa shape index (κ1) is 12.9. The standard InChI is InChI=1S/C11H12BrF3N2/c12-9-8(13)5-7(10(14)11(9)15)6-17-3-1-16-2-4-17/h5,16H,1-4,6H2. The highest BCUT2D eigenvalue weighted by Gasteiger charge is 2.19. The van der Waals surface area contributed by atoms with Gasteiger partial charge in [0.2, 0.25) is 0 Å². The van der Waals surface area contributed by atoms with E-state index < -0.39 is 21.9 Å². The minimum Gasteiger partial charge on any atom is -0.314 e. The summed E-state index contributed by atoms with van der Waals surface area (Å²) in [6.45, 7) is 3.35. The molecule has 0 amide bonds. The molecule has 6 heteroatoms. The molecular formula is C11H12BrF3N2. The van der Waals surface area contributed by atoms with E-state index in [2.05, 4.69) is 21.2 Å². The van der Waals surface area contributed by atoms with E-state index in [1.807, 2.05) is 4.90 Å². The van der Waals surface area contributed by atoms with Crippen LogP contribution in [0.15, 0.2) is 10.5 Å². The smallest absolute Gasteiger partial charge is 0.176 e. The number of halogens is 4. The van der Waals surface area contributed by atoms with E-state index in [-0.39, 0.29) is 12.1 Å². The first-order valence-corrected chi connectivity index (χ1v) is 6.14. The molecule has 0 atom stereocenters. The van der Waals surface area contributed by atoms with Crippen LogP contribution in [-0.4, -0.2) is 31.1 Å². The molecule has 1 saturated heterocycles. The van der Waals surface area contributed by atoms with Gasteiger partial charge in [0.15, 0.2) is 11.6 Å². The van der Waals surface area contributed by atoms with Crippen LogP contribution in [0.2, 0.25) is 0 Å². The number of nitrogens with one attached hydrogen (secondary N) is 1. The lowest BCUT2D eigenvalue weighted by atomic mass is 10.1. The summed E-state index contributed by atoms with van der Waals surface area (Å²) in [5.41, 5.74) is 0.0603. The van der Waals surface area contributed by atoms with Gasteiger partial charge in [-0.15, -0.1) is 0 Å². The van der Waals surface area contributed by atoms with Gasteiger partial charge in [0.25, 0.3) is 0 Å². The second-order valence-corrected chi connectivity index (χ2v) is 4.78. The van der Waals surface area contributed by atoms with Crippen molar-refractivity contribution in [3.05, 3.63) is 33.6 Å². The van der Waals surface area contributed by atoms with E-state index in [0.717, 1.165) is 32.2 Å². The Bertz CT molecular complexity index is 420. The van der Waals surface area contributed by atoms with E-state index in [1.54, 1.807) is 0 Å². The first-order chi connectivity index (χ1) is 8.09. The van der Waals surface area contributed by atoms with E-state index in [4.69, 9.17) is 0 Å². The van der Waals surface area contributed by atoms with Gasteiger partial charge in [-0.1, -0.05) is 0 Å². The zero-order chi connectivity index (χ0) is 12.4. The molecule has 1 heterocycles.